The highest BCUT2D eigenvalue weighted by atomic mass is 32.2. The Hall–Kier alpha value is -2.97. The molecule has 1 atom stereocenters. The quantitative estimate of drug-likeness (QED) is 0.477. The summed E-state index contributed by atoms with van der Waals surface area (Å²) in [6, 6.07) is 14.0. The summed E-state index contributed by atoms with van der Waals surface area (Å²) < 4.78 is 7.45. The molecule has 4 rings (SSSR count). The lowest BCUT2D eigenvalue weighted by Gasteiger charge is -2.17. The van der Waals surface area contributed by atoms with Crippen LogP contribution in [-0.2, 0) is 6.54 Å². The van der Waals surface area contributed by atoms with Crippen LogP contribution in [0, 0.1) is 12.3 Å². The van der Waals surface area contributed by atoms with Gasteiger partial charge in [0.2, 0.25) is 0 Å². The van der Waals surface area contributed by atoms with Crippen LogP contribution in [-0.4, -0.2) is 21.4 Å². The van der Waals surface area contributed by atoms with Gasteiger partial charge in [0.1, 0.15) is 12.4 Å². The van der Waals surface area contributed by atoms with Crippen molar-refractivity contribution in [1.82, 2.24) is 9.55 Å². The first-order valence-electron chi connectivity index (χ1n) is 10.5. The molecule has 1 aliphatic rings. The van der Waals surface area contributed by atoms with Crippen LogP contribution < -0.4 is 10.4 Å². The summed E-state index contributed by atoms with van der Waals surface area (Å²) >= 11 is 1.82. The Kier molecular flexibility index (Phi) is 6.20. The van der Waals surface area contributed by atoms with Crippen LogP contribution in [0.3, 0.4) is 0 Å². The molecule has 5 heteroatoms. The van der Waals surface area contributed by atoms with E-state index in [1.165, 1.54) is 10.5 Å². The minimum absolute atomic E-state index is 0.195. The molecule has 0 saturated carbocycles. The van der Waals surface area contributed by atoms with Gasteiger partial charge in [-0.1, -0.05) is 50.1 Å². The zero-order chi connectivity index (χ0) is 22.0. The first kappa shape index (κ1) is 21.3. The summed E-state index contributed by atoms with van der Waals surface area (Å²) in [5, 5.41) is 1.23. The van der Waals surface area contributed by atoms with E-state index in [0.29, 0.717) is 29.2 Å². The highest BCUT2D eigenvalue weighted by Gasteiger charge is 2.20. The third kappa shape index (κ3) is 4.55. The maximum Gasteiger partial charge on any atom is 0.348 e. The van der Waals surface area contributed by atoms with Crippen molar-refractivity contribution in [3.8, 4) is 29.4 Å². The fourth-order valence-electron chi connectivity index (χ4n) is 3.87. The van der Waals surface area contributed by atoms with Crippen molar-refractivity contribution < 1.29 is 4.74 Å². The van der Waals surface area contributed by atoms with Gasteiger partial charge in [0.15, 0.2) is 0 Å². The van der Waals surface area contributed by atoms with Gasteiger partial charge in [-0.05, 0) is 47.9 Å². The molecule has 3 aromatic rings. The molecular formula is C26H26N2O2S. The van der Waals surface area contributed by atoms with E-state index in [0.717, 1.165) is 22.9 Å². The van der Waals surface area contributed by atoms with E-state index in [1.54, 1.807) is 4.57 Å². The predicted octanol–water partition coefficient (Wildman–Crippen LogP) is 5.61. The number of rotatable bonds is 6. The molecule has 0 amide bonds. The van der Waals surface area contributed by atoms with Gasteiger partial charge in [-0.15, -0.1) is 18.2 Å². The standard InChI is InChI=1S/C26H26N2O2S/c1-5-14-30-21-11-13-24-23(15-21)25(20-9-7-19(8-10-20)17(2)3)27-26(29)28(24)16-22-12-6-18(4)31-22/h1,6-11,13,15,17,22H,12,14,16H2,2-4H3. The number of hydrogen-bond donors (Lipinski definition) is 0. The SMILES string of the molecule is C#CCOc1ccc2c(c1)c(-c1ccc(C(C)C)cc1)nc(=O)n2CC1CC=C(C)S1. The van der Waals surface area contributed by atoms with E-state index in [-0.39, 0.29) is 12.3 Å². The van der Waals surface area contributed by atoms with E-state index in [9.17, 15) is 4.79 Å². The summed E-state index contributed by atoms with van der Waals surface area (Å²) in [6.45, 7) is 7.26. The molecule has 158 valence electrons. The number of hydrogen-bond acceptors (Lipinski definition) is 4. The lowest BCUT2D eigenvalue weighted by molar-refractivity contribution is 0.371. The Morgan fingerprint density at radius 3 is 2.68 bits per heavy atom. The van der Waals surface area contributed by atoms with Crippen molar-refractivity contribution in [1.29, 1.82) is 0 Å². The second kappa shape index (κ2) is 9.03. The Morgan fingerprint density at radius 2 is 2.03 bits per heavy atom. The average Bonchev–Trinajstić information content (AvgIpc) is 3.18. The fraction of sp³-hybridized carbons (Fsp3) is 0.308. The van der Waals surface area contributed by atoms with Crippen molar-refractivity contribution in [3.63, 3.8) is 0 Å². The summed E-state index contributed by atoms with van der Waals surface area (Å²) in [6.07, 6.45) is 8.55. The molecule has 2 heterocycles. The third-order valence-corrected chi connectivity index (χ3v) is 6.75. The number of thioether (sulfide) groups is 1. The highest BCUT2D eigenvalue weighted by Crippen LogP contribution is 2.34. The maximum absolute atomic E-state index is 13.1. The van der Waals surface area contributed by atoms with Crippen LogP contribution in [0.1, 0.15) is 38.7 Å². The van der Waals surface area contributed by atoms with Crippen LogP contribution >= 0.6 is 11.8 Å². The van der Waals surface area contributed by atoms with Gasteiger partial charge < -0.3 is 4.74 Å². The molecule has 0 fully saturated rings. The molecule has 0 N–H and O–H groups in total. The first-order chi connectivity index (χ1) is 15.0. The van der Waals surface area contributed by atoms with Crippen LogP contribution in [0.15, 0.2) is 58.2 Å². The normalized spacial score (nSPS) is 15.8. The third-order valence-electron chi connectivity index (χ3n) is 5.53. The minimum atomic E-state index is -0.224. The summed E-state index contributed by atoms with van der Waals surface area (Å²) in [7, 11) is 0. The van der Waals surface area contributed by atoms with Crippen molar-refractivity contribution in [2.45, 2.75) is 44.9 Å². The van der Waals surface area contributed by atoms with Gasteiger partial charge in [0, 0.05) is 22.7 Å². The number of aromatic nitrogens is 2. The van der Waals surface area contributed by atoms with Crippen molar-refractivity contribution >= 4 is 22.7 Å². The van der Waals surface area contributed by atoms with E-state index < -0.39 is 0 Å². The molecule has 31 heavy (non-hydrogen) atoms. The molecule has 0 bridgehead atoms. The summed E-state index contributed by atoms with van der Waals surface area (Å²) in [4.78, 5) is 18.9. The number of ether oxygens (including phenoxy) is 1. The Bertz CT molecular complexity index is 1230. The number of nitrogens with zero attached hydrogens (tertiary/aromatic N) is 2. The zero-order valence-electron chi connectivity index (χ0n) is 18.1. The van der Waals surface area contributed by atoms with Crippen molar-refractivity contribution in [3.05, 3.63) is 69.5 Å². The predicted molar refractivity (Wildman–Crippen MR) is 130 cm³/mol. The molecule has 2 aromatic carbocycles. The van der Waals surface area contributed by atoms with Crippen molar-refractivity contribution in [2.75, 3.05) is 6.61 Å². The van der Waals surface area contributed by atoms with Gasteiger partial charge in [-0.2, -0.15) is 4.98 Å². The van der Waals surface area contributed by atoms with Gasteiger partial charge in [-0.25, -0.2) is 4.79 Å². The topological polar surface area (TPSA) is 44.1 Å². The second-order valence-electron chi connectivity index (χ2n) is 8.09. The van der Waals surface area contributed by atoms with Crippen LogP contribution in [0.25, 0.3) is 22.2 Å². The van der Waals surface area contributed by atoms with Gasteiger partial charge in [-0.3, -0.25) is 4.57 Å². The fourth-order valence-corrected chi connectivity index (χ4v) is 5.00. The molecule has 0 radical (unpaired) electrons. The Balaban J connectivity index is 1.83. The smallest absolute Gasteiger partial charge is 0.348 e. The van der Waals surface area contributed by atoms with E-state index in [4.69, 9.17) is 11.2 Å². The maximum atomic E-state index is 13.1. The van der Waals surface area contributed by atoms with E-state index in [1.807, 2.05) is 42.1 Å². The first-order valence-corrected chi connectivity index (χ1v) is 11.4. The molecule has 1 unspecified atom stereocenters. The molecule has 1 aliphatic heterocycles. The minimum Gasteiger partial charge on any atom is -0.481 e. The van der Waals surface area contributed by atoms with Crippen LogP contribution in [0.5, 0.6) is 5.75 Å². The van der Waals surface area contributed by atoms with E-state index in [2.05, 4.69) is 49.9 Å². The molecule has 0 saturated heterocycles. The summed E-state index contributed by atoms with van der Waals surface area (Å²) in [5.41, 5.74) is 3.48. The van der Waals surface area contributed by atoms with Gasteiger partial charge in [0.25, 0.3) is 0 Å². The number of fused-ring (bicyclic) bond motifs is 1. The monoisotopic (exact) mass is 430 g/mol. The van der Waals surface area contributed by atoms with Gasteiger partial charge in [0.05, 0.1) is 11.2 Å². The zero-order valence-corrected chi connectivity index (χ0v) is 18.9. The van der Waals surface area contributed by atoms with Crippen LogP contribution in [0.2, 0.25) is 0 Å². The summed E-state index contributed by atoms with van der Waals surface area (Å²) in [5.74, 6) is 3.61. The molecular weight excluding hydrogens is 404 g/mol. The molecule has 0 spiro atoms. The van der Waals surface area contributed by atoms with E-state index >= 15 is 0 Å². The Morgan fingerprint density at radius 1 is 1.26 bits per heavy atom. The average molecular weight is 431 g/mol. The lowest BCUT2D eigenvalue weighted by Crippen LogP contribution is -2.27. The number of terminal acetylenes is 1. The largest absolute Gasteiger partial charge is 0.481 e. The molecule has 0 aliphatic carbocycles. The Labute approximate surface area is 187 Å². The highest BCUT2D eigenvalue weighted by molar-refractivity contribution is 8.03. The van der Waals surface area contributed by atoms with Gasteiger partial charge >= 0.3 is 5.69 Å². The number of benzene rings is 2. The lowest BCUT2D eigenvalue weighted by atomic mass is 9.99. The molecule has 4 nitrogen and oxygen atoms in total. The second-order valence-corrected chi connectivity index (χ2v) is 9.64. The van der Waals surface area contributed by atoms with Crippen LogP contribution in [0.4, 0.5) is 0 Å². The van der Waals surface area contributed by atoms with Crippen molar-refractivity contribution in [2.24, 2.45) is 0 Å². The number of allylic oxidation sites excluding steroid dienone is 2. The molecule has 1 aromatic heterocycles.